The van der Waals surface area contributed by atoms with E-state index in [0.717, 1.165) is 37.9 Å². The van der Waals surface area contributed by atoms with Crippen LogP contribution in [-0.4, -0.2) is 71.1 Å². The normalized spacial score (nSPS) is 20.0. The van der Waals surface area contributed by atoms with Crippen LogP contribution in [-0.2, 0) is 0 Å². The number of hydrogen-bond acceptors (Lipinski definition) is 7. The van der Waals surface area contributed by atoms with Crippen LogP contribution in [0.15, 0.2) is 61.1 Å². The molecular weight excluding hydrogens is 505 g/mol. The van der Waals surface area contributed by atoms with Gasteiger partial charge in [-0.25, -0.2) is 9.37 Å². The first-order chi connectivity index (χ1) is 18.4. The Balaban J connectivity index is 1.26. The largest absolute Gasteiger partial charge is 0.507 e. The average Bonchev–Trinajstić information content (AvgIpc) is 3.68. The maximum Gasteiger partial charge on any atom is 0.211 e. The number of piperazine rings is 1. The molecule has 1 saturated heterocycles. The van der Waals surface area contributed by atoms with Crippen molar-refractivity contribution in [3.63, 3.8) is 0 Å². The van der Waals surface area contributed by atoms with Crippen molar-refractivity contribution >= 4 is 23.1 Å². The molecular formula is C29H31ClFN5O2. The molecule has 2 N–H and O–H groups in total. The van der Waals surface area contributed by atoms with Crippen molar-refractivity contribution in [2.45, 2.75) is 19.2 Å². The molecule has 3 heterocycles. The van der Waals surface area contributed by atoms with Gasteiger partial charge in [-0.1, -0.05) is 17.7 Å². The molecule has 2 aliphatic heterocycles. The van der Waals surface area contributed by atoms with E-state index in [4.69, 9.17) is 11.6 Å². The van der Waals surface area contributed by atoms with Crippen LogP contribution >= 0.6 is 11.6 Å². The average molecular weight is 536 g/mol. The van der Waals surface area contributed by atoms with Gasteiger partial charge in [0.2, 0.25) is 6.35 Å². The summed E-state index contributed by atoms with van der Waals surface area (Å²) in [5.74, 6) is 1.22. The lowest BCUT2D eigenvalue weighted by Gasteiger charge is -2.35. The number of aromatic hydroxyl groups is 1. The Labute approximate surface area is 227 Å². The van der Waals surface area contributed by atoms with Gasteiger partial charge in [-0.2, -0.15) is 0 Å². The number of hydrogen-bond donors (Lipinski definition) is 2. The first-order valence-corrected chi connectivity index (χ1v) is 13.4. The van der Waals surface area contributed by atoms with Crippen LogP contribution in [0.3, 0.4) is 0 Å². The number of phenols is 1. The third-order valence-corrected chi connectivity index (χ3v) is 7.96. The minimum absolute atomic E-state index is 0.0255. The molecule has 0 spiro atoms. The third kappa shape index (κ3) is 4.91. The maximum atomic E-state index is 14.9. The fraction of sp³-hybridized carbons (Fsp3) is 0.345. The van der Waals surface area contributed by atoms with E-state index in [1.165, 1.54) is 31.5 Å². The molecule has 3 aromatic rings. The van der Waals surface area contributed by atoms with Gasteiger partial charge in [0.15, 0.2) is 0 Å². The summed E-state index contributed by atoms with van der Waals surface area (Å²) in [6.07, 6.45) is 7.04. The number of aromatic nitrogens is 1. The molecule has 3 aliphatic rings. The highest BCUT2D eigenvalue weighted by atomic mass is 35.5. The van der Waals surface area contributed by atoms with Crippen LogP contribution < -0.4 is 9.80 Å². The topological polar surface area (TPSA) is 66.3 Å². The predicted molar refractivity (Wildman–Crippen MR) is 149 cm³/mol. The first kappa shape index (κ1) is 25.0. The van der Waals surface area contributed by atoms with E-state index >= 15 is 0 Å². The van der Waals surface area contributed by atoms with E-state index in [-0.39, 0.29) is 5.75 Å². The highest BCUT2D eigenvalue weighted by Crippen LogP contribution is 2.42. The van der Waals surface area contributed by atoms with E-state index in [2.05, 4.69) is 14.8 Å². The number of halogens is 2. The Kier molecular flexibility index (Phi) is 6.63. The number of anilines is 2. The molecule has 9 heteroatoms. The zero-order valence-corrected chi connectivity index (χ0v) is 22.0. The second-order valence-electron chi connectivity index (χ2n) is 10.4. The lowest BCUT2D eigenvalue weighted by Crippen LogP contribution is -2.47. The summed E-state index contributed by atoms with van der Waals surface area (Å²) in [7, 11) is 1.76. The Morgan fingerprint density at radius 2 is 1.68 bits per heavy atom. The van der Waals surface area contributed by atoms with Crippen molar-refractivity contribution in [2.24, 2.45) is 5.92 Å². The van der Waals surface area contributed by atoms with Gasteiger partial charge in [-0.3, -0.25) is 4.90 Å². The summed E-state index contributed by atoms with van der Waals surface area (Å²) >= 11 is 6.57. The number of aliphatic hydroxyl groups is 1. The molecule has 0 bridgehead atoms. The second-order valence-corrected chi connectivity index (χ2v) is 10.8. The highest BCUT2D eigenvalue weighted by Gasteiger charge is 2.27. The van der Waals surface area contributed by atoms with Crippen LogP contribution in [0.25, 0.3) is 22.3 Å². The Morgan fingerprint density at radius 3 is 2.32 bits per heavy atom. The van der Waals surface area contributed by atoms with Crippen LogP contribution in [0.1, 0.15) is 12.8 Å². The van der Waals surface area contributed by atoms with Gasteiger partial charge >= 0.3 is 0 Å². The Morgan fingerprint density at radius 1 is 0.974 bits per heavy atom. The fourth-order valence-electron chi connectivity index (χ4n) is 5.24. The highest BCUT2D eigenvalue weighted by molar-refractivity contribution is 6.33. The minimum atomic E-state index is -0.866. The van der Waals surface area contributed by atoms with Gasteiger partial charge < -0.3 is 24.9 Å². The maximum absolute atomic E-state index is 14.9. The van der Waals surface area contributed by atoms with Crippen LogP contribution in [0.4, 0.5) is 15.9 Å². The van der Waals surface area contributed by atoms with Gasteiger partial charge in [0.1, 0.15) is 17.4 Å². The molecule has 198 valence electrons. The minimum Gasteiger partial charge on any atom is -0.507 e. The van der Waals surface area contributed by atoms with Crippen molar-refractivity contribution in [3.05, 3.63) is 71.9 Å². The molecule has 2 aromatic carbocycles. The summed E-state index contributed by atoms with van der Waals surface area (Å²) in [6, 6.07) is 11.6. The van der Waals surface area contributed by atoms with Crippen molar-refractivity contribution in [2.75, 3.05) is 49.6 Å². The molecule has 38 heavy (non-hydrogen) atoms. The molecule has 1 aliphatic carbocycles. The van der Waals surface area contributed by atoms with Gasteiger partial charge in [-0.05, 0) is 66.3 Å². The zero-order valence-electron chi connectivity index (χ0n) is 21.3. The predicted octanol–water partition coefficient (Wildman–Crippen LogP) is 4.94. The van der Waals surface area contributed by atoms with E-state index in [1.807, 2.05) is 6.07 Å². The summed E-state index contributed by atoms with van der Waals surface area (Å²) in [5.41, 5.74) is 2.62. The Hall–Kier alpha value is -3.33. The first-order valence-electron chi connectivity index (χ1n) is 13.0. The molecule has 1 aromatic heterocycles. The molecule has 0 amide bonds. The number of aliphatic hydroxyl groups excluding tert-OH is 1. The Bertz CT molecular complexity index is 1370. The molecule has 2 fully saturated rings. The summed E-state index contributed by atoms with van der Waals surface area (Å²) in [6.45, 7) is 5.00. The number of rotatable bonds is 6. The zero-order chi connectivity index (χ0) is 26.4. The quantitative estimate of drug-likeness (QED) is 0.463. The smallest absolute Gasteiger partial charge is 0.211 e. The summed E-state index contributed by atoms with van der Waals surface area (Å²) in [5, 5.41) is 22.0. The fourth-order valence-corrected chi connectivity index (χ4v) is 5.52. The number of benzene rings is 2. The third-order valence-electron chi connectivity index (χ3n) is 7.65. The number of pyridine rings is 1. The molecule has 7 nitrogen and oxygen atoms in total. The number of nitrogens with zero attached hydrogens (tertiary/aromatic N) is 5. The van der Waals surface area contributed by atoms with E-state index in [0.29, 0.717) is 33.0 Å². The molecule has 1 atom stereocenters. The summed E-state index contributed by atoms with van der Waals surface area (Å²) < 4.78 is 14.9. The van der Waals surface area contributed by atoms with Gasteiger partial charge in [0.05, 0.1) is 10.7 Å². The van der Waals surface area contributed by atoms with Gasteiger partial charge in [-0.15, -0.1) is 0 Å². The van der Waals surface area contributed by atoms with Crippen LogP contribution in [0.5, 0.6) is 5.75 Å². The molecule has 0 radical (unpaired) electrons. The van der Waals surface area contributed by atoms with Crippen LogP contribution in [0.2, 0.25) is 5.02 Å². The van der Waals surface area contributed by atoms with E-state index < -0.39 is 12.2 Å². The van der Waals surface area contributed by atoms with E-state index in [9.17, 15) is 14.6 Å². The molecule has 6 rings (SSSR count). The van der Waals surface area contributed by atoms with Crippen molar-refractivity contribution < 1.29 is 14.6 Å². The molecule has 1 saturated carbocycles. The summed E-state index contributed by atoms with van der Waals surface area (Å²) in [4.78, 5) is 12.6. The van der Waals surface area contributed by atoms with Gasteiger partial charge in [0.25, 0.3) is 0 Å². The van der Waals surface area contributed by atoms with Crippen molar-refractivity contribution in [3.8, 4) is 28.0 Å². The lowest BCUT2D eigenvalue weighted by atomic mass is 9.97. The lowest BCUT2D eigenvalue weighted by molar-refractivity contribution is 0.0729. The van der Waals surface area contributed by atoms with Crippen LogP contribution in [0, 0.1) is 11.7 Å². The second kappa shape index (κ2) is 10.1. The van der Waals surface area contributed by atoms with E-state index in [1.54, 1.807) is 59.7 Å². The SMILES string of the molecule is CN1C=CN(c2ccc(-c3cc(F)cc(-c4ccnc(N5CCN(CC6CC6)CC5)c4)c3O)cc2Cl)C1O. The standard InChI is InChI=1S/C29H31ClFN5O2/c1-33-8-13-36(29(33)38)26-5-4-20(14-25(26)30)23-16-22(31)17-24(28(23)37)21-6-7-32-27(15-21)35-11-9-34(10-12-35)18-19-2-3-19/h4-8,13-17,19,29,37-38H,2-3,9-12,18H2,1H3. The van der Waals surface area contributed by atoms with Crippen molar-refractivity contribution in [1.82, 2.24) is 14.8 Å². The van der Waals surface area contributed by atoms with Crippen molar-refractivity contribution in [1.29, 1.82) is 0 Å². The number of phenolic OH excluding ortho intramolecular Hbond substituents is 1. The molecule has 1 unspecified atom stereocenters. The van der Waals surface area contributed by atoms with Gasteiger partial charge in [0, 0.05) is 69.5 Å². The monoisotopic (exact) mass is 535 g/mol.